The topological polar surface area (TPSA) is 29.9 Å². The summed E-state index contributed by atoms with van der Waals surface area (Å²) >= 11 is 12.3. The Morgan fingerprint density at radius 1 is 1.35 bits per heavy atom. The first-order valence-corrected chi connectivity index (χ1v) is 7.52. The fourth-order valence-corrected chi connectivity index (χ4v) is 2.60. The van der Waals surface area contributed by atoms with Crippen LogP contribution in [0.15, 0.2) is 30.6 Å². The molecule has 0 aliphatic rings. The summed E-state index contributed by atoms with van der Waals surface area (Å²) in [6.45, 7) is 3.09. The molecule has 2 aromatic rings. The van der Waals surface area contributed by atoms with Gasteiger partial charge in [0.05, 0.1) is 6.04 Å². The van der Waals surface area contributed by atoms with Crippen molar-refractivity contribution in [1.82, 2.24) is 14.9 Å². The third kappa shape index (κ3) is 3.75. The minimum Gasteiger partial charge on any atom is -0.337 e. The summed E-state index contributed by atoms with van der Waals surface area (Å²) in [5.74, 6) is 1.01. The zero-order chi connectivity index (χ0) is 14.5. The maximum Gasteiger partial charge on any atom is 0.125 e. The minimum absolute atomic E-state index is 0.130. The normalized spacial score (nSPS) is 12.6. The smallest absolute Gasteiger partial charge is 0.125 e. The van der Waals surface area contributed by atoms with Crippen molar-refractivity contribution in [3.8, 4) is 0 Å². The van der Waals surface area contributed by atoms with Crippen molar-refractivity contribution in [3.63, 3.8) is 0 Å². The molecular weight excluding hydrogens is 293 g/mol. The number of hydrogen-bond acceptors (Lipinski definition) is 2. The number of hydrogen-bond donors (Lipinski definition) is 1. The molecule has 0 aliphatic carbocycles. The van der Waals surface area contributed by atoms with E-state index >= 15 is 0 Å². The van der Waals surface area contributed by atoms with E-state index in [9.17, 15) is 0 Å². The first-order chi connectivity index (χ1) is 9.61. The SMILES string of the molecule is CCCNC(Cc1cc(Cl)ccc1Cl)c1nccn1C. The highest BCUT2D eigenvalue weighted by atomic mass is 35.5. The van der Waals surface area contributed by atoms with Crippen molar-refractivity contribution in [1.29, 1.82) is 0 Å². The fourth-order valence-electron chi connectivity index (χ4n) is 2.21. The quantitative estimate of drug-likeness (QED) is 0.873. The summed E-state index contributed by atoms with van der Waals surface area (Å²) in [5, 5.41) is 4.97. The standard InChI is InChI=1S/C15H19Cl2N3/c1-3-6-18-14(15-19-7-8-20(15)2)10-11-9-12(16)4-5-13(11)17/h4-5,7-9,14,18H,3,6,10H2,1-2H3. The van der Waals surface area contributed by atoms with E-state index in [1.54, 1.807) is 0 Å². The van der Waals surface area contributed by atoms with E-state index in [1.807, 2.05) is 42.2 Å². The summed E-state index contributed by atoms with van der Waals surface area (Å²) in [6, 6.07) is 5.70. The second kappa shape index (κ2) is 7.11. The van der Waals surface area contributed by atoms with Gasteiger partial charge >= 0.3 is 0 Å². The Hall–Kier alpha value is -1.03. The number of imidazole rings is 1. The molecule has 1 N–H and O–H groups in total. The van der Waals surface area contributed by atoms with Crippen molar-refractivity contribution in [2.75, 3.05) is 6.54 Å². The van der Waals surface area contributed by atoms with Crippen LogP contribution in [0, 0.1) is 0 Å². The molecule has 0 fully saturated rings. The zero-order valence-corrected chi connectivity index (χ0v) is 13.2. The number of nitrogens with one attached hydrogen (secondary N) is 1. The van der Waals surface area contributed by atoms with Gasteiger partial charge in [-0.3, -0.25) is 0 Å². The van der Waals surface area contributed by atoms with Gasteiger partial charge in [0, 0.05) is 29.5 Å². The summed E-state index contributed by atoms with van der Waals surface area (Å²) in [6.07, 6.45) is 5.61. The van der Waals surface area contributed by atoms with Crippen LogP contribution in [-0.4, -0.2) is 16.1 Å². The van der Waals surface area contributed by atoms with Gasteiger partial charge in [0.25, 0.3) is 0 Å². The van der Waals surface area contributed by atoms with Gasteiger partial charge < -0.3 is 9.88 Å². The lowest BCUT2D eigenvalue weighted by atomic mass is 10.0. The van der Waals surface area contributed by atoms with Crippen LogP contribution in [0.1, 0.15) is 30.8 Å². The summed E-state index contributed by atoms with van der Waals surface area (Å²) in [4.78, 5) is 4.44. The van der Waals surface area contributed by atoms with Crippen molar-refractivity contribution in [2.24, 2.45) is 7.05 Å². The van der Waals surface area contributed by atoms with Crippen LogP contribution in [0.3, 0.4) is 0 Å². The number of rotatable bonds is 6. The maximum atomic E-state index is 6.26. The molecule has 1 aromatic carbocycles. The van der Waals surface area contributed by atoms with E-state index < -0.39 is 0 Å². The van der Waals surface area contributed by atoms with Crippen LogP contribution in [0.25, 0.3) is 0 Å². The summed E-state index contributed by atoms with van der Waals surface area (Å²) in [7, 11) is 2.00. The predicted octanol–water partition coefficient (Wildman–Crippen LogP) is 4.01. The van der Waals surface area contributed by atoms with E-state index in [4.69, 9.17) is 23.2 Å². The summed E-state index contributed by atoms with van der Waals surface area (Å²) < 4.78 is 2.03. The van der Waals surface area contributed by atoms with E-state index in [1.165, 1.54) is 0 Å². The van der Waals surface area contributed by atoms with Crippen LogP contribution in [-0.2, 0) is 13.5 Å². The Bertz CT molecular complexity index is 566. The molecule has 20 heavy (non-hydrogen) atoms. The van der Waals surface area contributed by atoms with Crippen LogP contribution < -0.4 is 5.32 Å². The highest BCUT2D eigenvalue weighted by Crippen LogP contribution is 2.25. The molecule has 0 radical (unpaired) electrons. The number of aryl methyl sites for hydroxylation is 1. The van der Waals surface area contributed by atoms with Gasteiger partial charge in [-0.1, -0.05) is 30.1 Å². The Balaban J connectivity index is 2.23. The second-order valence-corrected chi connectivity index (χ2v) is 5.69. The monoisotopic (exact) mass is 311 g/mol. The molecule has 1 aromatic heterocycles. The van der Waals surface area contributed by atoms with Crippen LogP contribution in [0.5, 0.6) is 0 Å². The second-order valence-electron chi connectivity index (χ2n) is 4.84. The lowest BCUT2D eigenvalue weighted by molar-refractivity contribution is 0.491. The molecule has 0 aliphatic heterocycles. The van der Waals surface area contributed by atoms with Gasteiger partial charge in [0.2, 0.25) is 0 Å². The molecule has 1 unspecified atom stereocenters. The molecule has 108 valence electrons. The third-order valence-electron chi connectivity index (χ3n) is 3.24. The number of halogens is 2. The fraction of sp³-hybridized carbons (Fsp3) is 0.400. The third-order valence-corrected chi connectivity index (χ3v) is 3.85. The molecule has 1 atom stereocenters. The van der Waals surface area contributed by atoms with Crippen molar-refractivity contribution in [3.05, 3.63) is 52.0 Å². The maximum absolute atomic E-state index is 6.26. The van der Waals surface area contributed by atoms with Gasteiger partial charge in [-0.15, -0.1) is 0 Å². The van der Waals surface area contributed by atoms with Crippen molar-refractivity contribution >= 4 is 23.2 Å². The lowest BCUT2D eigenvalue weighted by Crippen LogP contribution is -2.26. The van der Waals surface area contributed by atoms with E-state index in [2.05, 4.69) is 17.2 Å². The van der Waals surface area contributed by atoms with Crippen LogP contribution in [0.4, 0.5) is 0 Å². The van der Waals surface area contributed by atoms with Gasteiger partial charge in [-0.25, -0.2) is 4.98 Å². The highest BCUT2D eigenvalue weighted by molar-refractivity contribution is 6.33. The average Bonchev–Trinajstić information content (AvgIpc) is 2.84. The number of nitrogens with zero attached hydrogens (tertiary/aromatic N) is 2. The van der Waals surface area contributed by atoms with Gasteiger partial charge in [0.15, 0.2) is 0 Å². The van der Waals surface area contributed by atoms with Crippen molar-refractivity contribution in [2.45, 2.75) is 25.8 Å². The minimum atomic E-state index is 0.130. The Morgan fingerprint density at radius 3 is 2.80 bits per heavy atom. The Morgan fingerprint density at radius 2 is 2.15 bits per heavy atom. The Labute approximate surface area is 129 Å². The average molecular weight is 312 g/mol. The molecule has 0 spiro atoms. The zero-order valence-electron chi connectivity index (χ0n) is 11.7. The highest BCUT2D eigenvalue weighted by Gasteiger charge is 2.17. The number of aromatic nitrogens is 2. The lowest BCUT2D eigenvalue weighted by Gasteiger charge is -2.19. The first-order valence-electron chi connectivity index (χ1n) is 6.76. The summed E-state index contributed by atoms with van der Waals surface area (Å²) in [5.41, 5.74) is 1.04. The Kier molecular flexibility index (Phi) is 5.46. The molecule has 5 heteroatoms. The van der Waals surface area contributed by atoms with E-state index in [0.717, 1.165) is 35.8 Å². The van der Waals surface area contributed by atoms with Crippen LogP contribution >= 0.6 is 23.2 Å². The van der Waals surface area contributed by atoms with Gasteiger partial charge in [0.1, 0.15) is 5.82 Å². The molecule has 1 heterocycles. The molecule has 3 nitrogen and oxygen atoms in total. The first kappa shape index (κ1) is 15.4. The molecule has 0 saturated carbocycles. The molecule has 0 amide bonds. The molecule has 0 bridgehead atoms. The van der Waals surface area contributed by atoms with Crippen molar-refractivity contribution < 1.29 is 0 Å². The molecular formula is C15H19Cl2N3. The molecule has 2 rings (SSSR count). The van der Waals surface area contributed by atoms with E-state index in [0.29, 0.717) is 5.02 Å². The van der Waals surface area contributed by atoms with Crippen LogP contribution in [0.2, 0.25) is 10.0 Å². The van der Waals surface area contributed by atoms with E-state index in [-0.39, 0.29) is 6.04 Å². The predicted molar refractivity (Wildman–Crippen MR) is 84.4 cm³/mol. The number of benzene rings is 1. The largest absolute Gasteiger partial charge is 0.337 e. The van der Waals surface area contributed by atoms with Gasteiger partial charge in [-0.05, 0) is 43.1 Å². The molecule has 0 saturated heterocycles. The van der Waals surface area contributed by atoms with Gasteiger partial charge in [-0.2, -0.15) is 0 Å².